The molecule has 2 nitrogen and oxygen atoms in total. The van der Waals surface area contributed by atoms with Gasteiger partial charge < -0.3 is 9.47 Å². The van der Waals surface area contributed by atoms with Crippen molar-refractivity contribution in [2.75, 3.05) is 6.61 Å². The van der Waals surface area contributed by atoms with Crippen molar-refractivity contribution in [3.8, 4) is 0 Å². The molecule has 0 aromatic heterocycles. The Kier molecular flexibility index (Phi) is 4.51. The van der Waals surface area contributed by atoms with Crippen LogP contribution in [-0.2, 0) is 16.1 Å². The molecule has 0 N–H and O–H groups in total. The lowest BCUT2D eigenvalue weighted by Crippen LogP contribution is -2.16. The SMILES string of the molecule is CCC1CCC(COCc2ccc(F)cc2)O1. The van der Waals surface area contributed by atoms with Crippen LogP contribution < -0.4 is 0 Å². The lowest BCUT2D eigenvalue weighted by atomic mass is 10.2. The Morgan fingerprint density at radius 1 is 1.24 bits per heavy atom. The fraction of sp³-hybridized carbons (Fsp3) is 0.571. The van der Waals surface area contributed by atoms with E-state index in [1.165, 1.54) is 12.1 Å². The summed E-state index contributed by atoms with van der Waals surface area (Å²) in [7, 11) is 0. The molecule has 0 radical (unpaired) electrons. The van der Waals surface area contributed by atoms with Crippen LogP contribution in [-0.4, -0.2) is 18.8 Å². The van der Waals surface area contributed by atoms with Crippen molar-refractivity contribution in [1.29, 1.82) is 0 Å². The number of halogens is 1. The van der Waals surface area contributed by atoms with Crippen LogP contribution in [0.2, 0.25) is 0 Å². The van der Waals surface area contributed by atoms with Crippen LogP contribution in [0, 0.1) is 5.82 Å². The molecule has 17 heavy (non-hydrogen) atoms. The summed E-state index contributed by atoms with van der Waals surface area (Å²) in [5, 5.41) is 0. The smallest absolute Gasteiger partial charge is 0.123 e. The largest absolute Gasteiger partial charge is 0.374 e. The van der Waals surface area contributed by atoms with Crippen LogP contribution >= 0.6 is 0 Å². The summed E-state index contributed by atoms with van der Waals surface area (Å²) in [6.45, 7) is 3.30. The van der Waals surface area contributed by atoms with Crippen molar-refractivity contribution in [3.63, 3.8) is 0 Å². The fourth-order valence-electron chi connectivity index (χ4n) is 2.09. The van der Waals surface area contributed by atoms with Gasteiger partial charge in [-0.05, 0) is 37.0 Å². The minimum Gasteiger partial charge on any atom is -0.374 e. The molecule has 1 aliphatic rings. The number of rotatable bonds is 5. The van der Waals surface area contributed by atoms with Crippen molar-refractivity contribution < 1.29 is 13.9 Å². The van der Waals surface area contributed by atoms with Crippen molar-refractivity contribution in [3.05, 3.63) is 35.6 Å². The van der Waals surface area contributed by atoms with Gasteiger partial charge in [0.2, 0.25) is 0 Å². The molecule has 2 rings (SSSR count). The lowest BCUT2D eigenvalue weighted by molar-refractivity contribution is -0.0204. The summed E-state index contributed by atoms with van der Waals surface area (Å²) in [5.41, 5.74) is 0.997. The third kappa shape index (κ3) is 3.79. The van der Waals surface area contributed by atoms with Gasteiger partial charge in [-0.3, -0.25) is 0 Å². The molecular weight excluding hydrogens is 219 g/mol. The topological polar surface area (TPSA) is 18.5 Å². The Balaban J connectivity index is 1.68. The number of hydrogen-bond donors (Lipinski definition) is 0. The minimum atomic E-state index is -0.210. The Labute approximate surface area is 102 Å². The van der Waals surface area contributed by atoms with Crippen LogP contribution in [0.15, 0.2) is 24.3 Å². The van der Waals surface area contributed by atoms with E-state index in [0.29, 0.717) is 19.3 Å². The highest BCUT2D eigenvalue weighted by molar-refractivity contribution is 5.14. The van der Waals surface area contributed by atoms with Gasteiger partial charge in [0.25, 0.3) is 0 Å². The fourth-order valence-corrected chi connectivity index (χ4v) is 2.09. The van der Waals surface area contributed by atoms with Crippen molar-refractivity contribution in [2.24, 2.45) is 0 Å². The third-order valence-corrected chi connectivity index (χ3v) is 3.14. The number of ether oxygens (including phenoxy) is 2. The maximum Gasteiger partial charge on any atom is 0.123 e. The van der Waals surface area contributed by atoms with E-state index >= 15 is 0 Å². The molecule has 2 unspecified atom stereocenters. The van der Waals surface area contributed by atoms with Gasteiger partial charge in [0.1, 0.15) is 5.82 Å². The molecule has 1 aromatic carbocycles. The molecule has 2 atom stereocenters. The first-order valence-electron chi connectivity index (χ1n) is 6.25. The van der Waals surface area contributed by atoms with Gasteiger partial charge >= 0.3 is 0 Å². The first-order valence-corrected chi connectivity index (χ1v) is 6.25. The Morgan fingerprint density at radius 2 is 1.94 bits per heavy atom. The van der Waals surface area contributed by atoms with Crippen LogP contribution in [0.5, 0.6) is 0 Å². The van der Waals surface area contributed by atoms with Crippen molar-refractivity contribution in [1.82, 2.24) is 0 Å². The molecule has 1 heterocycles. The van der Waals surface area contributed by atoms with E-state index in [9.17, 15) is 4.39 Å². The van der Waals surface area contributed by atoms with E-state index in [-0.39, 0.29) is 11.9 Å². The van der Waals surface area contributed by atoms with Crippen molar-refractivity contribution >= 4 is 0 Å². The summed E-state index contributed by atoms with van der Waals surface area (Å²) >= 11 is 0. The van der Waals surface area contributed by atoms with Gasteiger partial charge in [-0.1, -0.05) is 19.1 Å². The average Bonchev–Trinajstić information content (AvgIpc) is 2.80. The molecular formula is C14H19FO2. The van der Waals surface area contributed by atoms with Gasteiger partial charge in [0.15, 0.2) is 0 Å². The summed E-state index contributed by atoms with van der Waals surface area (Å²) in [6, 6.07) is 6.41. The first-order chi connectivity index (χ1) is 8.28. The zero-order valence-electron chi connectivity index (χ0n) is 10.2. The second-order valence-corrected chi connectivity index (χ2v) is 4.51. The lowest BCUT2D eigenvalue weighted by Gasteiger charge is -2.12. The van der Waals surface area contributed by atoms with E-state index < -0.39 is 0 Å². The van der Waals surface area contributed by atoms with Gasteiger partial charge in [-0.15, -0.1) is 0 Å². The van der Waals surface area contributed by atoms with E-state index in [4.69, 9.17) is 9.47 Å². The quantitative estimate of drug-likeness (QED) is 0.783. The van der Waals surface area contributed by atoms with E-state index in [1.54, 1.807) is 12.1 Å². The molecule has 0 bridgehead atoms. The zero-order chi connectivity index (χ0) is 12.1. The molecule has 0 saturated carbocycles. The summed E-state index contributed by atoms with van der Waals surface area (Å²) < 4.78 is 24.0. The van der Waals surface area contributed by atoms with E-state index in [2.05, 4.69) is 6.92 Å². The molecule has 3 heteroatoms. The van der Waals surface area contributed by atoms with Crippen LogP contribution in [0.1, 0.15) is 31.7 Å². The van der Waals surface area contributed by atoms with Crippen LogP contribution in [0.4, 0.5) is 4.39 Å². The monoisotopic (exact) mass is 238 g/mol. The molecule has 0 aliphatic carbocycles. The molecule has 0 spiro atoms. The predicted octanol–water partition coefficient (Wildman–Crippen LogP) is 3.30. The van der Waals surface area contributed by atoms with E-state index in [1.807, 2.05) is 0 Å². The summed E-state index contributed by atoms with van der Waals surface area (Å²) in [4.78, 5) is 0. The van der Waals surface area contributed by atoms with Gasteiger partial charge in [-0.25, -0.2) is 4.39 Å². The summed E-state index contributed by atoms with van der Waals surface area (Å²) in [5.74, 6) is -0.210. The normalized spacial score (nSPS) is 24.1. The predicted molar refractivity (Wildman–Crippen MR) is 64.2 cm³/mol. The standard InChI is InChI=1S/C14H19FO2/c1-2-13-7-8-14(17-13)10-16-9-11-3-5-12(15)6-4-11/h3-6,13-14H,2,7-10H2,1H3. The molecule has 1 saturated heterocycles. The second-order valence-electron chi connectivity index (χ2n) is 4.51. The Hall–Kier alpha value is -0.930. The first kappa shape index (κ1) is 12.5. The van der Waals surface area contributed by atoms with Crippen LogP contribution in [0.25, 0.3) is 0 Å². The minimum absolute atomic E-state index is 0.210. The molecule has 1 aliphatic heterocycles. The molecule has 1 fully saturated rings. The molecule has 0 amide bonds. The highest BCUT2D eigenvalue weighted by Gasteiger charge is 2.23. The molecule has 94 valence electrons. The van der Waals surface area contributed by atoms with Crippen LogP contribution in [0.3, 0.4) is 0 Å². The summed E-state index contributed by atoms with van der Waals surface area (Å²) in [6.07, 6.45) is 3.95. The zero-order valence-corrected chi connectivity index (χ0v) is 10.2. The van der Waals surface area contributed by atoms with Gasteiger partial charge in [0.05, 0.1) is 25.4 Å². The highest BCUT2D eigenvalue weighted by atomic mass is 19.1. The van der Waals surface area contributed by atoms with Gasteiger partial charge in [0, 0.05) is 0 Å². The second kappa shape index (κ2) is 6.12. The number of hydrogen-bond acceptors (Lipinski definition) is 2. The Morgan fingerprint density at radius 3 is 2.59 bits per heavy atom. The maximum absolute atomic E-state index is 12.7. The third-order valence-electron chi connectivity index (χ3n) is 3.14. The number of benzene rings is 1. The van der Waals surface area contributed by atoms with Crippen molar-refractivity contribution in [2.45, 2.75) is 45.0 Å². The highest BCUT2D eigenvalue weighted by Crippen LogP contribution is 2.22. The maximum atomic E-state index is 12.7. The van der Waals surface area contributed by atoms with E-state index in [0.717, 1.165) is 24.8 Å². The van der Waals surface area contributed by atoms with Gasteiger partial charge in [-0.2, -0.15) is 0 Å². The molecule has 1 aromatic rings. The average molecular weight is 238 g/mol. The Bertz CT molecular complexity index is 337.